The number of hydrogen-bond donors (Lipinski definition) is 0. The molecular weight excluding hydrogens is 286 g/mol. The van der Waals surface area contributed by atoms with E-state index in [0.29, 0.717) is 0 Å². The number of hydrogen-bond acceptors (Lipinski definition) is 8. The molecule has 9 heteroatoms. The molecule has 1 aliphatic heterocycles. The first-order chi connectivity index (χ1) is 9.71. The zero-order chi connectivity index (χ0) is 16.2. The van der Waals surface area contributed by atoms with E-state index in [0.717, 1.165) is 14.2 Å². The SMILES string of the molecule is COC(=O)C(C(=O)OC)C(C[N+](=O)[O-])C1COC(C)(C)O1. The second kappa shape index (κ2) is 6.81. The van der Waals surface area contributed by atoms with Crippen LogP contribution in [0.25, 0.3) is 0 Å². The lowest BCUT2D eigenvalue weighted by atomic mass is 9.87. The van der Waals surface area contributed by atoms with Gasteiger partial charge in [0, 0.05) is 4.92 Å². The van der Waals surface area contributed by atoms with Crippen molar-refractivity contribution in [3.05, 3.63) is 10.1 Å². The van der Waals surface area contributed by atoms with Gasteiger partial charge in [0.05, 0.1) is 32.8 Å². The molecule has 9 nitrogen and oxygen atoms in total. The van der Waals surface area contributed by atoms with Crippen LogP contribution in [0.15, 0.2) is 0 Å². The van der Waals surface area contributed by atoms with Crippen LogP contribution in [0.3, 0.4) is 0 Å². The summed E-state index contributed by atoms with van der Waals surface area (Å²) >= 11 is 0. The fourth-order valence-electron chi connectivity index (χ4n) is 2.24. The number of rotatable bonds is 6. The summed E-state index contributed by atoms with van der Waals surface area (Å²) in [6, 6.07) is 0. The van der Waals surface area contributed by atoms with Crippen molar-refractivity contribution in [2.75, 3.05) is 27.4 Å². The van der Waals surface area contributed by atoms with Gasteiger partial charge in [0.1, 0.15) is 0 Å². The van der Waals surface area contributed by atoms with Crippen molar-refractivity contribution in [1.82, 2.24) is 0 Å². The Morgan fingerprint density at radius 1 is 1.33 bits per heavy atom. The summed E-state index contributed by atoms with van der Waals surface area (Å²) in [5.41, 5.74) is 0. The van der Waals surface area contributed by atoms with E-state index in [1.165, 1.54) is 0 Å². The summed E-state index contributed by atoms with van der Waals surface area (Å²) < 4.78 is 20.0. The highest BCUT2D eigenvalue weighted by molar-refractivity contribution is 5.95. The lowest BCUT2D eigenvalue weighted by Crippen LogP contribution is -2.44. The van der Waals surface area contributed by atoms with E-state index in [-0.39, 0.29) is 6.61 Å². The molecule has 0 bridgehead atoms. The number of methoxy groups -OCH3 is 2. The molecule has 0 aliphatic carbocycles. The minimum absolute atomic E-state index is 0.0377. The molecule has 1 heterocycles. The van der Waals surface area contributed by atoms with Gasteiger partial charge in [0.25, 0.3) is 0 Å². The number of carbonyl (C=O) groups is 2. The largest absolute Gasteiger partial charge is 0.468 e. The molecule has 0 amide bonds. The summed E-state index contributed by atoms with van der Waals surface area (Å²) in [4.78, 5) is 33.9. The topological polar surface area (TPSA) is 114 Å². The lowest BCUT2D eigenvalue weighted by molar-refractivity contribution is -0.491. The molecule has 1 saturated heterocycles. The maximum absolute atomic E-state index is 11.8. The van der Waals surface area contributed by atoms with Crippen LogP contribution in [-0.2, 0) is 28.5 Å². The quantitative estimate of drug-likeness (QED) is 0.291. The van der Waals surface area contributed by atoms with Gasteiger partial charge in [-0.2, -0.15) is 0 Å². The molecule has 21 heavy (non-hydrogen) atoms. The predicted molar refractivity (Wildman–Crippen MR) is 67.8 cm³/mol. The molecule has 2 atom stereocenters. The molecule has 1 aliphatic rings. The van der Waals surface area contributed by atoms with Crippen molar-refractivity contribution < 1.29 is 33.5 Å². The van der Waals surface area contributed by atoms with Crippen molar-refractivity contribution in [2.45, 2.75) is 25.7 Å². The van der Waals surface area contributed by atoms with Crippen LogP contribution in [-0.4, -0.2) is 56.1 Å². The standard InChI is InChI=1S/C12H19NO8/c1-12(2)20-6-8(21-12)7(5-13(16)17)9(10(14)18-3)11(15)19-4/h7-9H,5-6H2,1-4H3. The van der Waals surface area contributed by atoms with Gasteiger partial charge < -0.3 is 18.9 Å². The van der Waals surface area contributed by atoms with Crippen LogP contribution in [0.1, 0.15) is 13.8 Å². The third-order valence-electron chi connectivity index (χ3n) is 3.21. The minimum atomic E-state index is -1.44. The molecule has 0 aromatic carbocycles. The van der Waals surface area contributed by atoms with Crippen molar-refractivity contribution in [3.63, 3.8) is 0 Å². The van der Waals surface area contributed by atoms with Gasteiger partial charge in [-0.1, -0.05) is 0 Å². The fourth-order valence-corrected chi connectivity index (χ4v) is 2.24. The number of carbonyl (C=O) groups excluding carboxylic acids is 2. The zero-order valence-corrected chi connectivity index (χ0v) is 12.4. The zero-order valence-electron chi connectivity index (χ0n) is 12.4. The van der Waals surface area contributed by atoms with Gasteiger partial charge >= 0.3 is 11.9 Å². The maximum atomic E-state index is 11.8. The van der Waals surface area contributed by atoms with Crippen molar-refractivity contribution >= 4 is 11.9 Å². The van der Waals surface area contributed by atoms with E-state index in [2.05, 4.69) is 9.47 Å². The highest BCUT2D eigenvalue weighted by Gasteiger charge is 2.49. The van der Waals surface area contributed by atoms with Gasteiger partial charge in [-0.3, -0.25) is 19.7 Å². The van der Waals surface area contributed by atoms with Gasteiger partial charge in [0.15, 0.2) is 11.7 Å². The lowest BCUT2D eigenvalue weighted by Gasteiger charge is -2.25. The third kappa shape index (κ3) is 4.36. The minimum Gasteiger partial charge on any atom is -0.468 e. The highest BCUT2D eigenvalue weighted by atomic mass is 16.7. The number of nitrogens with zero attached hydrogens (tertiary/aromatic N) is 1. The van der Waals surface area contributed by atoms with Crippen molar-refractivity contribution in [1.29, 1.82) is 0 Å². The van der Waals surface area contributed by atoms with Crippen LogP contribution < -0.4 is 0 Å². The molecule has 0 saturated carbocycles. The summed E-state index contributed by atoms with van der Waals surface area (Å²) in [5.74, 6) is -5.21. The summed E-state index contributed by atoms with van der Waals surface area (Å²) in [5, 5.41) is 10.9. The monoisotopic (exact) mass is 305 g/mol. The van der Waals surface area contributed by atoms with E-state index in [4.69, 9.17) is 9.47 Å². The van der Waals surface area contributed by atoms with Crippen LogP contribution >= 0.6 is 0 Å². The molecule has 0 radical (unpaired) electrons. The Labute approximate surface area is 121 Å². The number of esters is 2. The first-order valence-corrected chi connectivity index (χ1v) is 6.31. The van der Waals surface area contributed by atoms with Crippen LogP contribution in [0, 0.1) is 22.0 Å². The van der Waals surface area contributed by atoms with Crippen molar-refractivity contribution in [2.24, 2.45) is 11.8 Å². The predicted octanol–water partition coefficient (Wildman–Crippen LogP) is -0.00700. The summed E-state index contributed by atoms with van der Waals surface area (Å²) in [6.07, 6.45) is -0.784. The Bertz CT molecular complexity index is 405. The molecule has 1 fully saturated rings. The van der Waals surface area contributed by atoms with Crippen molar-refractivity contribution in [3.8, 4) is 0 Å². The molecular formula is C12H19NO8. The second-order valence-corrected chi connectivity index (χ2v) is 5.07. The highest BCUT2D eigenvalue weighted by Crippen LogP contribution is 2.31. The van der Waals surface area contributed by atoms with Gasteiger partial charge in [-0.05, 0) is 13.8 Å². The normalized spacial score (nSPS) is 21.9. The van der Waals surface area contributed by atoms with Gasteiger partial charge in [0.2, 0.25) is 6.54 Å². The third-order valence-corrected chi connectivity index (χ3v) is 3.21. The van der Waals surface area contributed by atoms with Gasteiger partial charge in [-0.25, -0.2) is 0 Å². The van der Waals surface area contributed by atoms with Crippen LogP contribution in [0.4, 0.5) is 0 Å². The molecule has 0 spiro atoms. The van der Waals surface area contributed by atoms with E-state index >= 15 is 0 Å². The van der Waals surface area contributed by atoms with E-state index in [9.17, 15) is 19.7 Å². The molecule has 0 aromatic rings. The Morgan fingerprint density at radius 2 is 1.86 bits per heavy atom. The Kier molecular flexibility index (Phi) is 5.62. The molecule has 2 unspecified atom stereocenters. The Balaban J connectivity index is 3.05. The summed E-state index contributed by atoms with van der Waals surface area (Å²) in [6.45, 7) is 2.68. The van der Waals surface area contributed by atoms with E-state index < -0.39 is 47.1 Å². The first kappa shape index (κ1) is 17.3. The average Bonchev–Trinajstić information content (AvgIpc) is 2.77. The summed E-state index contributed by atoms with van der Waals surface area (Å²) in [7, 11) is 2.19. The number of nitro groups is 1. The number of ether oxygens (including phenoxy) is 4. The van der Waals surface area contributed by atoms with Crippen LogP contribution in [0.5, 0.6) is 0 Å². The van der Waals surface area contributed by atoms with E-state index in [1.807, 2.05) is 0 Å². The molecule has 0 N–H and O–H groups in total. The maximum Gasteiger partial charge on any atom is 0.320 e. The first-order valence-electron chi connectivity index (χ1n) is 6.31. The molecule has 0 aromatic heterocycles. The van der Waals surface area contributed by atoms with E-state index in [1.54, 1.807) is 13.8 Å². The average molecular weight is 305 g/mol. The smallest absolute Gasteiger partial charge is 0.320 e. The Hall–Kier alpha value is -1.74. The molecule has 120 valence electrons. The Morgan fingerprint density at radius 3 is 2.19 bits per heavy atom. The molecule has 1 rings (SSSR count). The second-order valence-electron chi connectivity index (χ2n) is 5.07. The van der Waals surface area contributed by atoms with Crippen LogP contribution in [0.2, 0.25) is 0 Å². The fraction of sp³-hybridized carbons (Fsp3) is 0.833. The van der Waals surface area contributed by atoms with Gasteiger partial charge in [-0.15, -0.1) is 0 Å².